The molecule has 1 N–H and O–H groups in total. The maximum absolute atomic E-state index is 12.8. The minimum Gasteiger partial charge on any atom is -0.366 e. The first-order valence-electron chi connectivity index (χ1n) is 6.55. The van der Waals surface area contributed by atoms with E-state index in [9.17, 15) is 18.0 Å². The Bertz CT molecular complexity index is 917. The maximum Gasteiger partial charge on any atom is 0.416 e. The molecule has 1 heterocycles. The number of rotatable bonds is 3. The van der Waals surface area contributed by atoms with Crippen molar-refractivity contribution in [2.45, 2.75) is 12.8 Å². The second-order valence-corrected chi connectivity index (χ2v) is 6.19. The molecule has 0 amide bonds. The van der Waals surface area contributed by atoms with E-state index < -0.39 is 11.7 Å². The van der Waals surface area contributed by atoms with Crippen molar-refractivity contribution in [3.05, 3.63) is 62.7 Å². The van der Waals surface area contributed by atoms with Crippen LogP contribution in [0.2, 0.25) is 5.02 Å². The van der Waals surface area contributed by atoms with E-state index in [4.69, 9.17) is 11.6 Å². The molecule has 0 aliphatic rings. The van der Waals surface area contributed by atoms with Crippen LogP contribution in [0, 0.1) is 0 Å². The van der Waals surface area contributed by atoms with Crippen LogP contribution < -0.4 is 10.2 Å². The number of alkyl halides is 3. The Labute approximate surface area is 137 Å². The fraction of sp³-hybridized carbons (Fsp3) is 0.133. The fourth-order valence-electron chi connectivity index (χ4n) is 2.16. The summed E-state index contributed by atoms with van der Waals surface area (Å²) in [5, 5.41) is 2.96. The highest BCUT2D eigenvalue weighted by Gasteiger charge is 2.30. The molecule has 120 valence electrons. The Balaban J connectivity index is 1.91. The Morgan fingerprint density at radius 3 is 2.65 bits per heavy atom. The lowest BCUT2D eigenvalue weighted by Crippen LogP contribution is -2.18. The summed E-state index contributed by atoms with van der Waals surface area (Å²) in [5.74, 6) is 0. The third-order valence-electron chi connectivity index (χ3n) is 3.30. The molecule has 0 saturated heterocycles. The minimum atomic E-state index is -4.45. The van der Waals surface area contributed by atoms with E-state index in [1.165, 1.54) is 10.6 Å². The highest BCUT2D eigenvalue weighted by atomic mass is 35.5. The summed E-state index contributed by atoms with van der Waals surface area (Å²) in [6, 6.07) is 10.2. The van der Waals surface area contributed by atoms with E-state index in [1.807, 2.05) is 12.1 Å². The number of nitrogens with one attached hydrogen (secondary N) is 1. The third kappa shape index (κ3) is 3.20. The molecular formula is C15H10ClF3N2OS. The molecule has 0 aliphatic heterocycles. The van der Waals surface area contributed by atoms with Crippen molar-refractivity contribution in [1.82, 2.24) is 4.57 Å². The van der Waals surface area contributed by atoms with Crippen LogP contribution in [0.15, 0.2) is 47.3 Å². The summed E-state index contributed by atoms with van der Waals surface area (Å²) < 4.78 is 40.6. The molecule has 3 aromatic rings. The SMILES string of the molecule is O=c1sc2ccccc2n1CNc1cc(C(F)(F)F)ccc1Cl. The molecule has 3 rings (SSSR count). The number of nitrogens with zero attached hydrogens (tertiary/aromatic N) is 1. The van der Waals surface area contributed by atoms with Crippen LogP contribution in [0.3, 0.4) is 0 Å². The van der Waals surface area contributed by atoms with Crippen LogP contribution in [0.4, 0.5) is 18.9 Å². The van der Waals surface area contributed by atoms with E-state index in [1.54, 1.807) is 12.1 Å². The maximum atomic E-state index is 12.8. The second kappa shape index (κ2) is 5.90. The van der Waals surface area contributed by atoms with Gasteiger partial charge in [-0.3, -0.25) is 9.36 Å². The summed E-state index contributed by atoms with van der Waals surface area (Å²) in [7, 11) is 0. The minimum absolute atomic E-state index is 0.0316. The molecule has 0 aliphatic carbocycles. The molecule has 0 fully saturated rings. The zero-order chi connectivity index (χ0) is 16.6. The molecule has 23 heavy (non-hydrogen) atoms. The molecule has 2 aromatic carbocycles. The van der Waals surface area contributed by atoms with Crippen molar-refractivity contribution in [3.63, 3.8) is 0 Å². The highest BCUT2D eigenvalue weighted by molar-refractivity contribution is 7.16. The van der Waals surface area contributed by atoms with Crippen molar-refractivity contribution < 1.29 is 13.2 Å². The van der Waals surface area contributed by atoms with Gasteiger partial charge in [-0.25, -0.2) is 0 Å². The third-order valence-corrected chi connectivity index (χ3v) is 4.58. The number of fused-ring (bicyclic) bond motifs is 1. The number of thiazole rings is 1. The average Bonchev–Trinajstić information content (AvgIpc) is 2.81. The van der Waals surface area contributed by atoms with Crippen molar-refractivity contribution in [2.75, 3.05) is 5.32 Å². The van der Waals surface area contributed by atoms with Crippen molar-refractivity contribution in [1.29, 1.82) is 0 Å². The largest absolute Gasteiger partial charge is 0.416 e. The summed E-state index contributed by atoms with van der Waals surface area (Å²) in [4.78, 5) is 11.8. The van der Waals surface area contributed by atoms with Gasteiger partial charge in [0.25, 0.3) is 0 Å². The van der Waals surface area contributed by atoms with Crippen LogP contribution >= 0.6 is 22.9 Å². The molecule has 8 heteroatoms. The Morgan fingerprint density at radius 1 is 1.17 bits per heavy atom. The van der Waals surface area contributed by atoms with Gasteiger partial charge in [0, 0.05) is 0 Å². The van der Waals surface area contributed by atoms with Gasteiger partial charge in [-0.15, -0.1) is 0 Å². The first kappa shape index (κ1) is 15.9. The van der Waals surface area contributed by atoms with Crippen molar-refractivity contribution in [3.8, 4) is 0 Å². The van der Waals surface area contributed by atoms with Gasteiger partial charge >= 0.3 is 11.0 Å². The predicted molar refractivity (Wildman–Crippen MR) is 86.2 cm³/mol. The molecular weight excluding hydrogens is 349 g/mol. The van der Waals surface area contributed by atoms with E-state index in [0.717, 1.165) is 33.7 Å². The molecule has 0 unspecified atom stereocenters. The number of aromatic nitrogens is 1. The van der Waals surface area contributed by atoms with Gasteiger partial charge in [0.2, 0.25) is 0 Å². The normalized spacial score (nSPS) is 11.8. The van der Waals surface area contributed by atoms with E-state index in [2.05, 4.69) is 5.32 Å². The Morgan fingerprint density at radius 2 is 1.91 bits per heavy atom. The topological polar surface area (TPSA) is 34.0 Å². The summed E-state index contributed by atoms with van der Waals surface area (Å²) in [6.07, 6.45) is -4.45. The van der Waals surface area contributed by atoms with Gasteiger partial charge in [-0.1, -0.05) is 35.1 Å². The average molecular weight is 359 g/mol. The number of hydrogen-bond donors (Lipinski definition) is 1. The van der Waals surface area contributed by atoms with Gasteiger partial charge in [-0.05, 0) is 30.3 Å². The number of halogens is 4. The van der Waals surface area contributed by atoms with Crippen molar-refractivity contribution in [2.24, 2.45) is 0 Å². The summed E-state index contributed by atoms with van der Waals surface area (Å²) >= 11 is 7.01. The smallest absolute Gasteiger partial charge is 0.366 e. The zero-order valence-corrected chi connectivity index (χ0v) is 13.1. The first-order valence-corrected chi connectivity index (χ1v) is 7.75. The molecule has 0 spiro atoms. The van der Waals surface area contributed by atoms with Crippen LogP contribution in [0.5, 0.6) is 0 Å². The lowest BCUT2D eigenvalue weighted by molar-refractivity contribution is -0.137. The van der Waals surface area contributed by atoms with Crippen LogP contribution in [-0.2, 0) is 12.8 Å². The monoisotopic (exact) mass is 358 g/mol. The lowest BCUT2D eigenvalue weighted by atomic mass is 10.2. The number of benzene rings is 2. The van der Waals surface area contributed by atoms with Crippen LogP contribution in [-0.4, -0.2) is 4.57 Å². The Kier molecular flexibility index (Phi) is 4.08. The highest BCUT2D eigenvalue weighted by Crippen LogP contribution is 2.33. The summed E-state index contributed by atoms with van der Waals surface area (Å²) in [6.45, 7) is 0.0316. The predicted octanol–water partition coefficient (Wildman–Crippen LogP) is 4.80. The molecule has 0 bridgehead atoms. The van der Waals surface area contributed by atoms with Gasteiger partial charge < -0.3 is 5.32 Å². The van der Waals surface area contributed by atoms with Gasteiger partial charge in [0.15, 0.2) is 0 Å². The summed E-state index contributed by atoms with van der Waals surface area (Å²) in [5.41, 5.74) is 0.0497. The standard InChI is InChI=1S/C15H10ClF3N2OS/c16-10-6-5-9(15(17,18)19)7-11(10)20-8-21-12-3-1-2-4-13(12)23-14(21)22/h1-7,20H,8H2. The molecule has 0 radical (unpaired) electrons. The molecule has 0 atom stereocenters. The van der Waals surface area contributed by atoms with E-state index in [0.29, 0.717) is 0 Å². The fourth-order valence-corrected chi connectivity index (χ4v) is 3.24. The van der Waals surface area contributed by atoms with Gasteiger partial charge in [-0.2, -0.15) is 13.2 Å². The van der Waals surface area contributed by atoms with Crippen molar-refractivity contribution >= 4 is 38.8 Å². The van der Waals surface area contributed by atoms with E-state index >= 15 is 0 Å². The lowest BCUT2D eigenvalue weighted by Gasteiger charge is -2.13. The zero-order valence-electron chi connectivity index (χ0n) is 11.5. The van der Waals surface area contributed by atoms with Gasteiger partial charge in [0.1, 0.15) is 0 Å². The number of anilines is 1. The number of para-hydroxylation sites is 1. The second-order valence-electron chi connectivity index (χ2n) is 4.79. The molecule has 0 saturated carbocycles. The van der Waals surface area contributed by atoms with Gasteiger partial charge in [0.05, 0.1) is 33.2 Å². The quantitative estimate of drug-likeness (QED) is 0.729. The van der Waals surface area contributed by atoms with Crippen LogP contribution in [0.25, 0.3) is 10.2 Å². The number of hydrogen-bond acceptors (Lipinski definition) is 3. The molecule has 3 nitrogen and oxygen atoms in total. The van der Waals surface area contributed by atoms with E-state index in [-0.39, 0.29) is 22.3 Å². The molecule has 1 aromatic heterocycles. The first-order chi connectivity index (χ1) is 10.9. The Hall–Kier alpha value is -1.99. The van der Waals surface area contributed by atoms with Crippen LogP contribution in [0.1, 0.15) is 5.56 Å².